The Labute approximate surface area is 120 Å². The van der Waals surface area contributed by atoms with E-state index < -0.39 is 24.8 Å². The van der Waals surface area contributed by atoms with Gasteiger partial charge in [0.2, 0.25) is 5.91 Å². The lowest BCUT2D eigenvalue weighted by molar-refractivity contribution is -0.117. The van der Waals surface area contributed by atoms with Crippen LogP contribution in [0.5, 0.6) is 0 Å². The Morgan fingerprint density at radius 2 is 2.19 bits per heavy atom. The number of hydrogen-bond acceptors (Lipinski definition) is 3. The largest absolute Gasteiger partial charge is 0.375 e. The lowest BCUT2D eigenvalue weighted by atomic mass is 10.2. The fourth-order valence-corrected chi connectivity index (χ4v) is 1.40. The van der Waals surface area contributed by atoms with Gasteiger partial charge in [-0.05, 0) is 18.2 Å². The fraction of sp³-hybridized carbons (Fsp3) is 0.357. The second-order valence-electron chi connectivity index (χ2n) is 3.96. The van der Waals surface area contributed by atoms with Gasteiger partial charge in [-0.3, -0.25) is 4.79 Å². The van der Waals surface area contributed by atoms with Gasteiger partial charge in [0.25, 0.3) is 6.43 Å². The predicted molar refractivity (Wildman–Crippen MR) is 72.4 cm³/mol. The van der Waals surface area contributed by atoms with Crippen molar-refractivity contribution < 1.29 is 22.7 Å². The van der Waals surface area contributed by atoms with Gasteiger partial charge < -0.3 is 15.8 Å². The number of nitrogens with one attached hydrogen (secondary N) is 1. The molecule has 0 spiro atoms. The monoisotopic (exact) mass is 300 g/mol. The second-order valence-corrected chi connectivity index (χ2v) is 3.96. The van der Waals surface area contributed by atoms with Gasteiger partial charge in [-0.15, -0.1) is 0 Å². The first-order valence-corrected chi connectivity index (χ1v) is 6.17. The summed E-state index contributed by atoms with van der Waals surface area (Å²) in [6, 6.07) is 4.03. The van der Waals surface area contributed by atoms with Crippen molar-refractivity contribution in [2.24, 2.45) is 5.73 Å². The summed E-state index contributed by atoms with van der Waals surface area (Å²) in [4.78, 5) is 11.5. The van der Waals surface area contributed by atoms with Crippen molar-refractivity contribution in [2.45, 2.75) is 12.8 Å². The molecule has 114 valence electrons. The Kier molecular flexibility index (Phi) is 7.29. The van der Waals surface area contributed by atoms with E-state index in [1.54, 1.807) is 0 Å². The van der Waals surface area contributed by atoms with Crippen LogP contribution in [0.15, 0.2) is 18.2 Å². The molecule has 1 rings (SSSR count). The number of rotatable bonds is 6. The number of benzene rings is 1. The van der Waals surface area contributed by atoms with Crippen molar-refractivity contribution in [1.29, 1.82) is 0 Å². The molecular formula is C14H15F3N2O2. The summed E-state index contributed by atoms with van der Waals surface area (Å²) in [7, 11) is 0. The van der Waals surface area contributed by atoms with Crippen LogP contribution in [0.2, 0.25) is 0 Å². The van der Waals surface area contributed by atoms with E-state index in [1.807, 2.05) is 0 Å². The van der Waals surface area contributed by atoms with Crippen molar-refractivity contribution in [3.63, 3.8) is 0 Å². The van der Waals surface area contributed by atoms with Crippen LogP contribution in [0, 0.1) is 17.7 Å². The molecule has 0 aliphatic rings. The summed E-state index contributed by atoms with van der Waals surface area (Å²) in [5, 5.41) is 2.43. The summed E-state index contributed by atoms with van der Waals surface area (Å²) < 4.78 is 41.8. The normalized spacial score (nSPS) is 10.1. The van der Waals surface area contributed by atoms with Gasteiger partial charge in [0.1, 0.15) is 12.4 Å². The zero-order chi connectivity index (χ0) is 15.7. The highest BCUT2D eigenvalue weighted by Gasteiger charge is 2.07. The van der Waals surface area contributed by atoms with E-state index in [1.165, 1.54) is 12.1 Å². The van der Waals surface area contributed by atoms with E-state index in [0.717, 1.165) is 6.07 Å². The number of carbonyl (C=O) groups is 1. The Bertz CT molecular complexity index is 539. The minimum absolute atomic E-state index is 0.0942. The Balaban J connectivity index is 2.47. The summed E-state index contributed by atoms with van der Waals surface area (Å²) >= 11 is 0. The molecule has 0 aliphatic carbocycles. The zero-order valence-electron chi connectivity index (χ0n) is 11.2. The number of halogens is 3. The lowest BCUT2D eigenvalue weighted by Gasteiger charge is -2.06. The molecule has 0 heterocycles. The molecule has 0 aliphatic heterocycles. The van der Waals surface area contributed by atoms with E-state index in [2.05, 4.69) is 21.9 Å². The molecule has 0 aromatic heterocycles. The van der Waals surface area contributed by atoms with Crippen LogP contribution in [-0.4, -0.2) is 32.1 Å². The third-order valence-electron chi connectivity index (χ3n) is 2.30. The smallest absolute Gasteiger partial charge is 0.261 e. The van der Waals surface area contributed by atoms with Gasteiger partial charge >= 0.3 is 0 Å². The number of alkyl halides is 2. The number of carbonyl (C=O) groups excluding carboxylic acids is 1. The number of ether oxygens (including phenoxy) is 1. The summed E-state index contributed by atoms with van der Waals surface area (Å²) in [6.45, 7) is -0.717. The van der Waals surface area contributed by atoms with Crippen molar-refractivity contribution in [2.75, 3.05) is 25.1 Å². The molecule has 1 aromatic rings. The van der Waals surface area contributed by atoms with Crippen LogP contribution in [0.1, 0.15) is 12.0 Å². The van der Waals surface area contributed by atoms with E-state index in [9.17, 15) is 18.0 Å². The number of nitrogens with two attached hydrogens (primary N) is 1. The highest BCUT2D eigenvalue weighted by molar-refractivity contribution is 5.90. The van der Waals surface area contributed by atoms with Crippen molar-refractivity contribution in [1.82, 2.24) is 0 Å². The van der Waals surface area contributed by atoms with Crippen molar-refractivity contribution in [3.8, 4) is 11.8 Å². The molecular weight excluding hydrogens is 285 g/mol. The quantitative estimate of drug-likeness (QED) is 0.621. The van der Waals surface area contributed by atoms with Gasteiger partial charge in [-0.1, -0.05) is 11.8 Å². The van der Waals surface area contributed by atoms with Crippen LogP contribution < -0.4 is 11.1 Å². The molecule has 0 fully saturated rings. The summed E-state index contributed by atoms with van der Waals surface area (Å²) in [6.07, 6.45) is -2.66. The molecule has 4 nitrogen and oxygen atoms in total. The minimum Gasteiger partial charge on any atom is -0.375 e. The third-order valence-corrected chi connectivity index (χ3v) is 2.30. The standard InChI is InChI=1S/C14H15F3N2O2/c15-12-8-11(4-3-10(12)2-1-6-18)19-14(20)5-7-21-9-13(16)17/h3-4,8,13H,5-7,9,18H2,(H,19,20). The van der Waals surface area contributed by atoms with Gasteiger partial charge in [-0.25, -0.2) is 13.2 Å². The van der Waals surface area contributed by atoms with Gasteiger partial charge in [0.15, 0.2) is 0 Å². The maximum absolute atomic E-state index is 13.6. The topological polar surface area (TPSA) is 64.3 Å². The van der Waals surface area contributed by atoms with Crippen LogP contribution in [-0.2, 0) is 9.53 Å². The fourth-order valence-electron chi connectivity index (χ4n) is 1.40. The Morgan fingerprint density at radius 1 is 1.43 bits per heavy atom. The first kappa shape index (κ1) is 17.0. The lowest BCUT2D eigenvalue weighted by Crippen LogP contribution is -2.15. The molecule has 0 saturated heterocycles. The van der Waals surface area contributed by atoms with E-state index in [0.29, 0.717) is 0 Å². The average molecular weight is 300 g/mol. The van der Waals surface area contributed by atoms with E-state index in [-0.39, 0.29) is 30.8 Å². The molecule has 0 bridgehead atoms. The molecule has 3 N–H and O–H groups in total. The maximum Gasteiger partial charge on any atom is 0.261 e. The molecule has 0 saturated carbocycles. The highest BCUT2D eigenvalue weighted by Crippen LogP contribution is 2.14. The Hall–Kier alpha value is -2.04. The maximum atomic E-state index is 13.6. The average Bonchev–Trinajstić information content (AvgIpc) is 2.42. The van der Waals surface area contributed by atoms with E-state index >= 15 is 0 Å². The molecule has 1 aromatic carbocycles. The molecule has 0 radical (unpaired) electrons. The van der Waals surface area contributed by atoms with Crippen LogP contribution in [0.25, 0.3) is 0 Å². The number of amides is 1. The van der Waals surface area contributed by atoms with Crippen molar-refractivity contribution >= 4 is 11.6 Å². The highest BCUT2D eigenvalue weighted by atomic mass is 19.3. The van der Waals surface area contributed by atoms with Crippen molar-refractivity contribution in [3.05, 3.63) is 29.6 Å². The summed E-state index contributed by atoms with van der Waals surface area (Å²) in [5.74, 6) is 4.04. The third kappa shape index (κ3) is 6.79. The van der Waals surface area contributed by atoms with Crippen LogP contribution >= 0.6 is 0 Å². The molecule has 1 amide bonds. The van der Waals surface area contributed by atoms with Gasteiger partial charge in [0.05, 0.1) is 25.1 Å². The van der Waals surface area contributed by atoms with Crippen LogP contribution in [0.4, 0.5) is 18.9 Å². The first-order valence-electron chi connectivity index (χ1n) is 6.17. The SMILES string of the molecule is NCC#Cc1ccc(NC(=O)CCOCC(F)F)cc1F. The number of hydrogen-bond donors (Lipinski definition) is 2. The molecule has 0 unspecified atom stereocenters. The first-order chi connectivity index (χ1) is 10.0. The summed E-state index contributed by atoms with van der Waals surface area (Å²) in [5.41, 5.74) is 5.62. The predicted octanol–water partition coefficient (Wildman–Crippen LogP) is 1.75. The zero-order valence-corrected chi connectivity index (χ0v) is 11.2. The van der Waals surface area contributed by atoms with Gasteiger partial charge in [0, 0.05) is 5.69 Å². The molecule has 21 heavy (non-hydrogen) atoms. The minimum atomic E-state index is -2.57. The van der Waals surface area contributed by atoms with Crippen LogP contribution in [0.3, 0.4) is 0 Å². The van der Waals surface area contributed by atoms with E-state index in [4.69, 9.17) is 5.73 Å². The van der Waals surface area contributed by atoms with Gasteiger partial charge in [-0.2, -0.15) is 0 Å². The molecule has 7 heteroatoms. The number of anilines is 1. The molecule has 0 atom stereocenters. The Morgan fingerprint density at radius 3 is 2.81 bits per heavy atom. The second kappa shape index (κ2) is 9.00.